The van der Waals surface area contributed by atoms with Crippen LogP contribution in [0, 0.1) is 0 Å². The van der Waals surface area contributed by atoms with Crippen molar-refractivity contribution >= 4 is 24.2 Å². The van der Waals surface area contributed by atoms with Gasteiger partial charge in [-0.05, 0) is 36.9 Å². The molecule has 6 heteroatoms. The molecule has 0 bridgehead atoms. The number of fused-ring (bicyclic) bond motifs is 1. The Morgan fingerprint density at radius 3 is 2.50 bits per heavy atom. The molecular weight excluding hydrogens is 326 g/mol. The van der Waals surface area contributed by atoms with Crippen LogP contribution < -0.4 is 10.6 Å². The highest BCUT2D eigenvalue weighted by molar-refractivity contribution is 5.85. The summed E-state index contributed by atoms with van der Waals surface area (Å²) in [6, 6.07) is 8.15. The van der Waals surface area contributed by atoms with Gasteiger partial charge in [-0.15, -0.1) is 12.4 Å². The number of carbonyl (C=O) groups is 2. The summed E-state index contributed by atoms with van der Waals surface area (Å²) in [5.41, 5.74) is 2.50. The molecule has 1 unspecified atom stereocenters. The molecule has 132 valence electrons. The first-order chi connectivity index (χ1) is 11.2. The van der Waals surface area contributed by atoms with E-state index >= 15 is 0 Å². The molecule has 2 heterocycles. The third kappa shape index (κ3) is 4.71. The number of rotatable bonds is 5. The molecule has 5 nitrogen and oxygen atoms in total. The van der Waals surface area contributed by atoms with E-state index in [0.29, 0.717) is 32.5 Å². The summed E-state index contributed by atoms with van der Waals surface area (Å²) in [4.78, 5) is 26.1. The highest BCUT2D eigenvalue weighted by Crippen LogP contribution is 2.22. The van der Waals surface area contributed by atoms with Crippen molar-refractivity contribution in [3.05, 3.63) is 35.4 Å². The van der Waals surface area contributed by atoms with Gasteiger partial charge < -0.3 is 15.5 Å². The molecule has 1 aromatic rings. The number of halogens is 1. The van der Waals surface area contributed by atoms with Crippen LogP contribution in [0.25, 0.3) is 0 Å². The molecule has 1 aromatic carbocycles. The molecule has 1 fully saturated rings. The number of nitrogens with zero attached hydrogens (tertiary/aromatic N) is 1. The van der Waals surface area contributed by atoms with Gasteiger partial charge in [-0.2, -0.15) is 0 Å². The van der Waals surface area contributed by atoms with Crippen molar-refractivity contribution in [1.82, 2.24) is 15.5 Å². The summed E-state index contributed by atoms with van der Waals surface area (Å²) >= 11 is 0. The van der Waals surface area contributed by atoms with Crippen molar-refractivity contribution in [1.29, 1.82) is 0 Å². The van der Waals surface area contributed by atoms with Gasteiger partial charge in [0.15, 0.2) is 0 Å². The minimum absolute atomic E-state index is 0. The van der Waals surface area contributed by atoms with E-state index in [-0.39, 0.29) is 30.3 Å². The largest absolute Gasteiger partial charge is 0.355 e. The summed E-state index contributed by atoms with van der Waals surface area (Å²) in [6.45, 7) is 2.93. The lowest BCUT2D eigenvalue weighted by Crippen LogP contribution is -2.46. The Hall–Kier alpha value is -1.59. The Labute approximate surface area is 149 Å². The Morgan fingerprint density at radius 2 is 1.88 bits per heavy atom. The van der Waals surface area contributed by atoms with E-state index in [0.717, 1.165) is 25.8 Å². The second kappa shape index (κ2) is 9.04. The summed E-state index contributed by atoms with van der Waals surface area (Å²) in [5, 5.41) is 6.18. The lowest BCUT2D eigenvalue weighted by atomic mass is 10.0. The van der Waals surface area contributed by atoms with E-state index in [4.69, 9.17) is 0 Å². The number of piperidine rings is 1. The first-order valence-corrected chi connectivity index (χ1v) is 8.60. The van der Waals surface area contributed by atoms with Gasteiger partial charge >= 0.3 is 0 Å². The van der Waals surface area contributed by atoms with Crippen LogP contribution in [0.4, 0.5) is 0 Å². The van der Waals surface area contributed by atoms with Crippen LogP contribution in [0.3, 0.4) is 0 Å². The van der Waals surface area contributed by atoms with Crippen molar-refractivity contribution in [2.24, 2.45) is 0 Å². The van der Waals surface area contributed by atoms with Crippen LogP contribution in [0.5, 0.6) is 0 Å². The molecular formula is C18H26ClN3O2. The van der Waals surface area contributed by atoms with Gasteiger partial charge in [-0.3, -0.25) is 9.59 Å². The van der Waals surface area contributed by atoms with Crippen LogP contribution in [0.15, 0.2) is 24.3 Å². The zero-order valence-electron chi connectivity index (χ0n) is 13.9. The van der Waals surface area contributed by atoms with E-state index in [1.165, 1.54) is 11.1 Å². The van der Waals surface area contributed by atoms with Crippen molar-refractivity contribution in [2.45, 2.75) is 51.2 Å². The van der Waals surface area contributed by atoms with E-state index in [2.05, 4.69) is 22.8 Å². The lowest BCUT2D eigenvalue weighted by Gasteiger charge is -2.22. The molecule has 0 aromatic heterocycles. The topological polar surface area (TPSA) is 61.4 Å². The zero-order chi connectivity index (χ0) is 16.1. The van der Waals surface area contributed by atoms with Gasteiger partial charge in [0.2, 0.25) is 11.8 Å². The van der Waals surface area contributed by atoms with Crippen LogP contribution in [0.2, 0.25) is 0 Å². The monoisotopic (exact) mass is 351 g/mol. The molecule has 1 atom stereocenters. The molecule has 2 aliphatic rings. The minimum atomic E-state index is -0.0486. The molecule has 0 spiro atoms. The molecule has 2 amide bonds. The van der Waals surface area contributed by atoms with Gasteiger partial charge in [0.25, 0.3) is 0 Å². The van der Waals surface area contributed by atoms with Crippen molar-refractivity contribution < 1.29 is 9.59 Å². The number of benzene rings is 1. The van der Waals surface area contributed by atoms with Crippen molar-refractivity contribution in [3.8, 4) is 0 Å². The Kier molecular flexibility index (Phi) is 7.06. The van der Waals surface area contributed by atoms with Gasteiger partial charge in [-0.25, -0.2) is 0 Å². The molecule has 0 saturated carbocycles. The minimum Gasteiger partial charge on any atom is -0.355 e. The summed E-state index contributed by atoms with van der Waals surface area (Å²) in [5.74, 6) is 0.247. The summed E-state index contributed by atoms with van der Waals surface area (Å²) < 4.78 is 0. The molecule has 2 aliphatic heterocycles. The van der Waals surface area contributed by atoms with Crippen molar-refractivity contribution in [2.75, 3.05) is 13.1 Å². The van der Waals surface area contributed by atoms with Crippen LogP contribution in [-0.2, 0) is 22.7 Å². The highest BCUT2D eigenvalue weighted by Gasteiger charge is 2.23. The van der Waals surface area contributed by atoms with Crippen LogP contribution in [-0.4, -0.2) is 35.8 Å². The van der Waals surface area contributed by atoms with E-state index in [9.17, 15) is 9.59 Å². The quantitative estimate of drug-likeness (QED) is 0.797. The highest BCUT2D eigenvalue weighted by atomic mass is 35.5. The fourth-order valence-electron chi connectivity index (χ4n) is 3.32. The van der Waals surface area contributed by atoms with Crippen LogP contribution >= 0.6 is 12.4 Å². The van der Waals surface area contributed by atoms with Gasteiger partial charge in [0.05, 0.1) is 6.04 Å². The number of hydrogen-bond acceptors (Lipinski definition) is 3. The molecule has 24 heavy (non-hydrogen) atoms. The van der Waals surface area contributed by atoms with Crippen LogP contribution in [0.1, 0.15) is 43.2 Å². The average molecular weight is 352 g/mol. The normalized spacial score (nSPS) is 19.3. The number of amides is 2. The molecule has 3 rings (SSSR count). The van der Waals surface area contributed by atoms with E-state index < -0.39 is 0 Å². The Morgan fingerprint density at radius 1 is 1.17 bits per heavy atom. The maximum atomic E-state index is 12.3. The fraction of sp³-hybridized carbons (Fsp3) is 0.556. The zero-order valence-corrected chi connectivity index (χ0v) is 14.7. The SMILES string of the molecule is Cl.O=C(NCCCC(=O)N1Cc2ccccc2C1)C1CCCCN1. The predicted molar refractivity (Wildman–Crippen MR) is 95.8 cm³/mol. The molecule has 0 aliphatic carbocycles. The lowest BCUT2D eigenvalue weighted by molar-refractivity contribution is -0.132. The number of carbonyl (C=O) groups excluding carboxylic acids is 2. The number of hydrogen-bond donors (Lipinski definition) is 2. The average Bonchev–Trinajstić information content (AvgIpc) is 3.03. The molecule has 0 radical (unpaired) electrons. The smallest absolute Gasteiger partial charge is 0.237 e. The Bertz CT molecular complexity index is 548. The fourth-order valence-corrected chi connectivity index (χ4v) is 3.32. The second-order valence-corrected chi connectivity index (χ2v) is 6.42. The standard InChI is InChI=1S/C18H25N3O2.ClH/c22-17(21-12-14-6-1-2-7-15(14)13-21)9-5-11-20-18(23)16-8-3-4-10-19-16;/h1-2,6-7,16,19H,3-5,8-13H2,(H,20,23);1H. The molecule has 1 saturated heterocycles. The van der Waals surface area contributed by atoms with Gasteiger partial charge in [0.1, 0.15) is 0 Å². The first kappa shape index (κ1) is 18.7. The third-order valence-corrected chi connectivity index (χ3v) is 4.69. The first-order valence-electron chi connectivity index (χ1n) is 8.60. The maximum Gasteiger partial charge on any atom is 0.237 e. The van der Waals surface area contributed by atoms with Crippen molar-refractivity contribution in [3.63, 3.8) is 0 Å². The van der Waals surface area contributed by atoms with Gasteiger partial charge in [-0.1, -0.05) is 30.7 Å². The summed E-state index contributed by atoms with van der Waals surface area (Å²) in [7, 11) is 0. The maximum absolute atomic E-state index is 12.3. The van der Waals surface area contributed by atoms with E-state index in [1.54, 1.807) is 0 Å². The second-order valence-electron chi connectivity index (χ2n) is 6.42. The molecule has 2 N–H and O–H groups in total. The predicted octanol–water partition coefficient (Wildman–Crippen LogP) is 1.99. The van der Waals surface area contributed by atoms with Gasteiger partial charge in [0, 0.05) is 26.1 Å². The number of nitrogens with one attached hydrogen (secondary N) is 2. The summed E-state index contributed by atoms with van der Waals surface area (Å²) in [6.07, 6.45) is 4.36. The third-order valence-electron chi connectivity index (χ3n) is 4.69. The van der Waals surface area contributed by atoms with E-state index in [1.807, 2.05) is 17.0 Å². The Balaban J connectivity index is 0.00000208.